The van der Waals surface area contributed by atoms with E-state index in [0.717, 1.165) is 43.6 Å². The second kappa shape index (κ2) is 6.80. The van der Waals surface area contributed by atoms with Gasteiger partial charge in [-0.2, -0.15) is 5.10 Å². The molecule has 0 aliphatic heterocycles. The summed E-state index contributed by atoms with van der Waals surface area (Å²) in [6.45, 7) is 7.00. The third-order valence-corrected chi connectivity index (χ3v) is 4.93. The van der Waals surface area contributed by atoms with Crippen LogP contribution in [0, 0.1) is 20.8 Å². The Kier molecular flexibility index (Phi) is 4.74. The Morgan fingerprint density at radius 3 is 2.62 bits per heavy atom. The van der Waals surface area contributed by atoms with Gasteiger partial charge < -0.3 is 5.32 Å². The highest BCUT2D eigenvalue weighted by Gasteiger charge is 2.43. The molecule has 0 unspecified atom stereocenters. The maximum atomic E-state index is 12.3. The molecule has 0 saturated heterocycles. The van der Waals surface area contributed by atoms with Crippen LogP contribution in [0.15, 0.2) is 30.3 Å². The highest BCUT2D eigenvalue weighted by Crippen LogP contribution is 2.39. The number of carbonyl (C=O) groups is 1. The molecule has 1 fully saturated rings. The van der Waals surface area contributed by atoms with Crippen LogP contribution < -0.4 is 5.32 Å². The van der Waals surface area contributed by atoms with E-state index in [9.17, 15) is 4.79 Å². The summed E-state index contributed by atoms with van der Waals surface area (Å²) in [6, 6.07) is 10.5. The lowest BCUT2D eigenvalue weighted by atomic mass is 9.99. The molecule has 4 heteroatoms. The van der Waals surface area contributed by atoms with Gasteiger partial charge in [-0.15, -0.1) is 0 Å². The van der Waals surface area contributed by atoms with E-state index in [1.54, 1.807) is 0 Å². The number of nitrogens with one attached hydrogen (secondary N) is 1. The van der Waals surface area contributed by atoms with Crippen LogP contribution in [-0.2, 0) is 17.8 Å². The van der Waals surface area contributed by atoms with Gasteiger partial charge in [0, 0.05) is 24.2 Å². The van der Waals surface area contributed by atoms with E-state index < -0.39 is 0 Å². The fraction of sp³-hybridized carbons (Fsp3) is 0.500. The Labute approximate surface area is 144 Å². The minimum Gasteiger partial charge on any atom is -0.350 e. The van der Waals surface area contributed by atoms with Crippen LogP contribution in [0.3, 0.4) is 0 Å². The lowest BCUT2D eigenvalue weighted by Crippen LogP contribution is -2.38. The summed E-state index contributed by atoms with van der Waals surface area (Å²) >= 11 is 0. The van der Waals surface area contributed by atoms with Crippen LogP contribution in [0.4, 0.5) is 0 Å². The van der Waals surface area contributed by atoms with Crippen LogP contribution in [-0.4, -0.2) is 21.2 Å². The maximum Gasteiger partial charge on any atom is 0.220 e. The second-order valence-corrected chi connectivity index (χ2v) is 7.19. The van der Waals surface area contributed by atoms with Gasteiger partial charge in [-0.25, -0.2) is 0 Å². The highest BCUT2D eigenvalue weighted by molar-refractivity contribution is 5.77. The average Bonchev–Trinajstić information content (AvgIpc) is 3.19. The molecule has 0 bridgehead atoms. The monoisotopic (exact) mass is 325 g/mol. The van der Waals surface area contributed by atoms with Crippen molar-refractivity contribution in [2.24, 2.45) is 0 Å². The Morgan fingerprint density at radius 2 is 2.00 bits per heavy atom. The minimum absolute atomic E-state index is 0.00139. The van der Waals surface area contributed by atoms with Gasteiger partial charge in [-0.05, 0) is 63.6 Å². The summed E-state index contributed by atoms with van der Waals surface area (Å²) in [7, 11) is 0. The van der Waals surface area contributed by atoms with Crippen LogP contribution in [0.1, 0.15) is 48.2 Å². The van der Waals surface area contributed by atoms with Crippen LogP contribution in [0.2, 0.25) is 0 Å². The van der Waals surface area contributed by atoms with Crippen molar-refractivity contribution in [3.8, 4) is 0 Å². The number of nitrogens with zero attached hydrogens (tertiary/aromatic N) is 2. The van der Waals surface area contributed by atoms with E-state index in [1.165, 1.54) is 11.1 Å². The van der Waals surface area contributed by atoms with Crippen LogP contribution in [0.5, 0.6) is 0 Å². The lowest BCUT2D eigenvalue weighted by Gasteiger charge is -2.19. The first-order valence-electron chi connectivity index (χ1n) is 8.84. The number of aryl methyl sites for hydroxylation is 4. The van der Waals surface area contributed by atoms with Crippen molar-refractivity contribution in [3.05, 3.63) is 52.8 Å². The molecule has 1 heterocycles. The summed E-state index contributed by atoms with van der Waals surface area (Å²) in [5.74, 6) is 0.169. The van der Waals surface area contributed by atoms with Crippen molar-refractivity contribution in [2.75, 3.05) is 0 Å². The predicted molar refractivity (Wildman–Crippen MR) is 95.9 cm³/mol. The summed E-state index contributed by atoms with van der Waals surface area (Å²) < 4.78 is 1.99. The average molecular weight is 325 g/mol. The number of benzene rings is 1. The third kappa shape index (κ3) is 4.05. The number of aromatic nitrogens is 2. The van der Waals surface area contributed by atoms with E-state index in [0.29, 0.717) is 6.42 Å². The number of hydrogen-bond donors (Lipinski definition) is 1. The van der Waals surface area contributed by atoms with Crippen molar-refractivity contribution >= 4 is 5.91 Å². The van der Waals surface area contributed by atoms with E-state index in [4.69, 9.17) is 0 Å². The highest BCUT2D eigenvalue weighted by atomic mass is 16.1. The second-order valence-electron chi connectivity index (χ2n) is 7.19. The van der Waals surface area contributed by atoms with E-state index >= 15 is 0 Å². The van der Waals surface area contributed by atoms with Gasteiger partial charge in [0.15, 0.2) is 0 Å². The number of amides is 1. The zero-order chi connectivity index (χ0) is 17.2. The molecule has 24 heavy (non-hydrogen) atoms. The Bertz CT molecular complexity index is 728. The molecule has 0 atom stereocenters. The van der Waals surface area contributed by atoms with Crippen LogP contribution in [0.25, 0.3) is 0 Å². The quantitative estimate of drug-likeness (QED) is 0.847. The molecule has 1 N–H and O–H groups in total. The summed E-state index contributed by atoms with van der Waals surface area (Å²) in [5.41, 5.74) is 4.85. The van der Waals surface area contributed by atoms with Crippen molar-refractivity contribution < 1.29 is 4.79 Å². The molecule has 128 valence electrons. The Morgan fingerprint density at radius 1 is 1.25 bits per heavy atom. The molecule has 1 saturated carbocycles. The summed E-state index contributed by atoms with van der Waals surface area (Å²) in [5, 5.41) is 7.73. The molecule has 1 aromatic carbocycles. The molecule has 2 aromatic rings. The zero-order valence-electron chi connectivity index (χ0n) is 14.9. The molecule has 0 radical (unpaired) electrons. The summed E-state index contributed by atoms with van der Waals surface area (Å²) in [4.78, 5) is 12.3. The maximum absolute atomic E-state index is 12.3. The molecule has 1 aliphatic rings. The largest absolute Gasteiger partial charge is 0.350 e. The minimum atomic E-state index is 0.00139. The van der Waals surface area contributed by atoms with Gasteiger partial charge in [-0.1, -0.05) is 24.3 Å². The molecular weight excluding hydrogens is 298 g/mol. The van der Waals surface area contributed by atoms with Gasteiger partial charge >= 0.3 is 0 Å². The first kappa shape index (κ1) is 16.7. The van der Waals surface area contributed by atoms with Crippen molar-refractivity contribution in [1.82, 2.24) is 15.1 Å². The molecule has 1 aromatic heterocycles. The standard InChI is InChI=1S/C20H27N3O/c1-15-7-4-5-8-18(15)14-20(10-11-20)21-19(24)9-6-12-23-17(3)13-16(2)22-23/h4-5,7-8,13H,6,9-12,14H2,1-3H3,(H,21,24). The molecule has 1 amide bonds. The lowest BCUT2D eigenvalue weighted by molar-refractivity contribution is -0.122. The molecular formula is C20H27N3O. The molecule has 3 rings (SSSR count). The van der Waals surface area contributed by atoms with E-state index in [2.05, 4.69) is 54.6 Å². The predicted octanol–water partition coefficient (Wildman–Crippen LogP) is 3.48. The topological polar surface area (TPSA) is 46.9 Å². The Balaban J connectivity index is 1.48. The van der Waals surface area contributed by atoms with Gasteiger partial charge in [0.1, 0.15) is 0 Å². The molecule has 4 nitrogen and oxygen atoms in total. The number of hydrogen-bond acceptors (Lipinski definition) is 2. The smallest absolute Gasteiger partial charge is 0.220 e. The normalized spacial score (nSPS) is 15.3. The molecule has 1 aliphatic carbocycles. The molecule has 0 spiro atoms. The Hall–Kier alpha value is -2.10. The van der Waals surface area contributed by atoms with Gasteiger partial charge in [0.05, 0.1) is 5.69 Å². The first-order valence-corrected chi connectivity index (χ1v) is 8.84. The van der Waals surface area contributed by atoms with E-state index in [1.807, 2.05) is 11.6 Å². The number of carbonyl (C=O) groups excluding carboxylic acids is 1. The van der Waals surface area contributed by atoms with E-state index in [-0.39, 0.29) is 11.4 Å². The first-order chi connectivity index (χ1) is 11.5. The van der Waals surface area contributed by atoms with Gasteiger partial charge in [-0.3, -0.25) is 9.48 Å². The fourth-order valence-corrected chi connectivity index (χ4v) is 3.32. The van der Waals surface area contributed by atoms with Crippen molar-refractivity contribution in [3.63, 3.8) is 0 Å². The van der Waals surface area contributed by atoms with Gasteiger partial charge in [0.2, 0.25) is 5.91 Å². The SMILES string of the molecule is Cc1cc(C)n(CCCC(=O)NC2(Cc3ccccc3C)CC2)n1. The van der Waals surface area contributed by atoms with Crippen molar-refractivity contribution in [2.45, 2.75) is 65.0 Å². The van der Waals surface area contributed by atoms with Crippen LogP contribution >= 0.6 is 0 Å². The summed E-state index contributed by atoms with van der Waals surface area (Å²) in [6.07, 6.45) is 4.51. The zero-order valence-corrected chi connectivity index (χ0v) is 14.9. The third-order valence-electron chi connectivity index (χ3n) is 4.93. The number of rotatable bonds is 7. The van der Waals surface area contributed by atoms with Crippen molar-refractivity contribution in [1.29, 1.82) is 0 Å². The fourth-order valence-electron chi connectivity index (χ4n) is 3.32. The van der Waals surface area contributed by atoms with Gasteiger partial charge in [0.25, 0.3) is 0 Å².